The lowest BCUT2D eigenvalue weighted by Crippen LogP contribution is -2.42. The third-order valence-electron chi connectivity index (χ3n) is 11.8. The van der Waals surface area contributed by atoms with Crippen LogP contribution in [0.15, 0.2) is 54.6 Å². The van der Waals surface area contributed by atoms with E-state index in [1.807, 2.05) is 0 Å². The second-order valence-corrected chi connectivity index (χ2v) is 21.4. The summed E-state index contributed by atoms with van der Waals surface area (Å²) < 4.78 is 26.8. The van der Waals surface area contributed by atoms with Gasteiger partial charge in [0.2, 0.25) is 0 Å². The molecule has 1 aromatic carbocycles. The predicted octanol–water partition coefficient (Wildman–Crippen LogP) is 9.30. The number of hydrogen-bond donors (Lipinski definition) is 1. The molecule has 0 aromatic heterocycles. The predicted molar refractivity (Wildman–Crippen MR) is 193 cm³/mol. The zero-order valence-electron chi connectivity index (χ0n) is 30.4. The molecule has 3 aliphatic rings. The van der Waals surface area contributed by atoms with Gasteiger partial charge in [-0.05, 0) is 110 Å². The summed E-state index contributed by atoms with van der Waals surface area (Å²) in [7, 11) is -1.79. The molecule has 0 saturated carbocycles. The van der Waals surface area contributed by atoms with Gasteiger partial charge >= 0.3 is 0 Å². The summed E-state index contributed by atoms with van der Waals surface area (Å²) in [5, 5.41) is 9.44. The van der Waals surface area contributed by atoms with Gasteiger partial charge in [-0.3, -0.25) is 0 Å². The lowest BCUT2D eigenvalue weighted by molar-refractivity contribution is -0.0747. The van der Waals surface area contributed by atoms with Gasteiger partial charge in [0.25, 0.3) is 0 Å². The lowest BCUT2D eigenvalue weighted by Gasteiger charge is -2.38. The molecule has 3 saturated heterocycles. The maximum Gasteiger partial charge on any atom is 0.191 e. The summed E-state index contributed by atoms with van der Waals surface area (Å²) in [4.78, 5) is 0. The summed E-state index contributed by atoms with van der Waals surface area (Å²) in [5.41, 5.74) is 3.79. The van der Waals surface area contributed by atoms with Crippen LogP contribution in [0.25, 0.3) is 0 Å². The lowest BCUT2D eigenvalue weighted by atomic mass is 9.78. The van der Waals surface area contributed by atoms with Crippen LogP contribution in [0.1, 0.15) is 98.5 Å². The zero-order chi connectivity index (χ0) is 33.6. The van der Waals surface area contributed by atoms with Crippen molar-refractivity contribution in [2.45, 2.75) is 154 Å². The van der Waals surface area contributed by atoms with E-state index in [4.69, 9.17) is 18.6 Å². The van der Waals surface area contributed by atoms with E-state index in [9.17, 15) is 5.11 Å². The smallest absolute Gasteiger partial charge is 0.191 e. The minimum absolute atomic E-state index is 0.00677. The SMILES string of the molecule is C=C1C[C@H](CCCO)OC1CC[C@H]1C[C@@H](C)C(=C)C(C[C@@H]2O[C@H](C[C@H](C)CO[Si](C)(C)C(C)(C)C)[C@H](C)[C@H]2Cc2ccccc2)O1. The molecule has 0 radical (unpaired) electrons. The first-order valence-corrected chi connectivity index (χ1v) is 21.2. The number of hydrogen-bond acceptors (Lipinski definition) is 5. The van der Waals surface area contributed by atoms with E-state index in [2.05, 4.69) is 98.1 Å². The topological polar surface area (TPSA) is 57.2 Å². The van der Waals surface area contributed by atoms with Gasteiger partial charge in [-0.15, -0.1) is 0 Å². The van der Waals surface area contributed by atoms with Crippen LogP contribution in [-0.4, -0.2) is 63.3 Å². The Hall–Kier alpha value is -1.28. The van der Waals surface area contributed by atoms with E-state index in [-0.39, 0.29) is 48.3 Å². The molecule has 0 spiro atoms. The van der Waals surface area contributed by atoms with Gasteiger partial charge < -0.3 is 23.7 Å². The van der Waals surface area contributed by atoms with E-state index >= 15 is 0 Å². The Balaban J connectivity index is 1.39. The fraction of sp³-hybridized carbons (Fsp3) is 0.750. The Morgan fingerprint density at radius 2 is 1.65 bits per heavy atom. The van der Waals surface area contributed by atoms with Crippen LogP contribution >= 0.6 is 0 Å². The summed E-state index contributed by atoms with van der Waals surface area (Å²) in [6, 6.07) is 10.9. The molecule has 3 fully saturated rings. The largest absolute Gasteiger partial charge is 0.417 e. The van der Waals surface area contributed by atoms with E-state index in [0.717, 1.165) is 64.4 Å². The fourth-order valence-electron chi connectivity index (χ4n) is 7.54. The Labute approximate surface area is 282 Å². The van der Waals surface area contributed by atoms with Crippen molar-refractivity contribution in [3.63, 3.8) is 0 Å². The third-order valence-corrected chi connectivity index (χ3v) is 16.3. The normalized spacial score (nSPS) is 33.1. The molecule has 4 rings (SSSR count). The van der Waals surface area contributed by atoms with Crippen LogP contribution in [0.2, 0.25) is 18.1 Å². The van der Waals surface area contributed by atoms with Gasteiger partial charge in [0.15, 0.2) is 8.32 Å². The van der Waals surface area contributed by atoms with E-state index in [0.29, 0.717) is 23.7 Å². The van der Waals surface area contributed by atoms with Gasteiger partial charge in [0, 0.05) is 19.6 Å². The molecule has 46 heavy (non-hydrogen) atoms. The molecule has 2 unspecified atom stereocenters. The Morgan fingerprint density at radius 3 is 2.33 bits per heavy atom. The molecular weight excluding hydrogens is 589 g/mol. The molecule has 6 heteroatoms. The molecule has 0 amide bonds. The van der Waals surface area contributed by atoms with Crippen molar-refractivity contribution >= 4 is 8.32 Å². The van der Waals surface area contributed by atoms with Crippen molar-refractivity contribution in [1.29, 1.82) is 0 Å². The van der Waals surface area contributed by atoms with Crippen molar-refractivity contribution in [3.05, 3.63) is 60.2 Å². The zero-order valence-corrected chi connectivity index (χ0v) is 31.4. The fourth-order valence-corrected chi connectivity index (χ4v) is 8.67. The highest BCUT2D eigenvalue weighted by molar-refractivity contribution is 6.74. The van der Waals surface area contributed by atoms with Gasteiger partial charge in [-0.1, -0.05) is 85.0 Å². The first-order chi connectivity index (χ1) is 21.7. The Bertz CT molecular complexity index is 1110. The molecule has 10 atom stereocenters. The van der Waals surface area contributed by atoms with E-state index in [1.54, 1.807) is 0 Å². The van der Waals surface area contributed by atoms with Gasteiger partial charge in [0.1, 0.15) is 0 Å². The molecule has 3 heterocycles. The minimum atomic E-state index is -1.79. The van der Waals surface area contributed by atoms with Crippen LogP contribution in [-0.2, 0) is 25.1 Å². The van der Waals surface area contributed by atoms with Gasteiger partial charge in [-0.2, -0.15) is 0 Å². The molecule has 0 aliphatic carbocycles. The van der Waals surface area contributed by atoms with Gasteiger partial charge in [-0.25, -0.2) is 0 Å². The van der Waals surface area contributed by atoms with Crippen molar-refractivity contribution in [2.75, 3.05) is 13.2 Å². The summed E-state index contributed by atoms with van der Waals surface area (Å²) in [6.07, 6.45) is 9.26. The average Bonchev–Trinajstić information content (AvgIpc) is 3.49. The standard InChI is InChI=1S/C40H66O5Si/c1-27(26-42-46(9,10)40(6,7)8)21-37-31(5)35(24-32-15-12-11-13-16-32)39(45-37)25-38-30(4)28(2)22-34(44-38)18-19-36-29(3)23-33(43-36)17-14-20-41/h11-13,15-16,27-28,31,33-39,41H,3-4,14,17-26H2,1-2,5-10H3/t27-,28+,31+,33-,34-,35+,36?,37+,38?,39-/m0/s1. The van der Waals surface area contributed by atoms with Crippen LogP contribution in [0.3, 0.4) is 0 Å². The summed E-state index contributed by atoms with van der Waals surface area (Å²) >= 11 is 0. The molecule has 1 N–H and O–H groups in total. The van der Waals surface area contributed by atoms with Crippen LogP contribution in [0.4, 0.5) is 0 Å². The number of benzene rings is 1. The van der Waals surface area contributed by atoms with Crippen molar-refractivity contribution in [2.24, 2.45) is 23.7 Å². The summed E-state index contributed by atoms with van der Waals surface area (Å²) in [6.45, 7) is 28.6. The average molecular weight is 655 g/mol. The first kappa shape index (κ1) is 37.5. The third kappa shape index (κ3) is 9.89. The monoisotopic (exact) mass is 654 g/mol. The second-order valence-electron chi connectivity index (χ2n) is 16.6. The molecule has 5 nitrogen and oxygen atoms in total. The Kier molecular flexibility index (Phi) is 13.4. The Morgan fingerprint density at radius 1 is 0.957 bits per heavy atom. The number of ether oxygens (including phenoxy) is 3. The molecular formula is C40H66O5Si. The number of aliphatic hydroxyl groups is 1. The highest BCUT2D eigenvalue weighted by Crippen LogP contribution is 2.43. The maximum atomic E-state index is 9.22. The van der Waals surface area contributed by atoms with Gasteiger partial charge in [0.05, 0.1) is 36.6 Å². The molecule has 260 valence electrons. The van der Waals surface area contributed by atoms with Crippen molar-refractivity contribution in [1.82, 2.24) is 0 Å². The number of rotatable bonds is 15. The minimum Gasteiger partial charge on any atom is -0.417 e. The molecule has 3 aliphatic heterocycles. The molecule has 0 bridgehead atoms. The van der Waals surface area contributed by atoms with Crippen molar-refractivity contribution in [3.8, 4) is 0 Å². The van der Waals surface area contributed by atoms with E-state index < -0.39 is 8.32 Å². The number of aliphatic hydroxyl groups excluding tert-OH is 1. The van der Waals surface area contributed by atoms with Crippen LogP contribution in [0, 0.1) is 23.7 Å². The second kappa shape index (κ2) is 16.4. The van der Waals surface area contributed by atoms with Crippen LogP contribution < -0.4 is 0 Å². The quantitative estimate of drug-likeness (QED) is 0.151. The first-order valence-electron chi connectivity index (χ1n) is 18.3. The maximum absolute atomic E-state index is 9.22. The highest BCUT2D eigenvalue weighted by Gasteiger charge is 2.45. The summed E-state index contributed by atoms with van der Waals surface area (Å²) in [5.74, 6) is 1.75. The van der Waals surface area contributed by atoms with Crippen LogP contribution in [0.5, 0.6) is 0 Å². The highest BCUT2D eigenvalue weighted by atomic mass is 28.4. The van der Waals surface area contributed by atoms with E-state index in [1.165, 1.54) is 16.7 Å². The van der Waals surface area contributed by atoms with Crippen molar-refractivity contribution < 1.29 is 23.7 Å². The molecule has 1 aromatic rings.